The second kappa shape index (κ2) is 7.26. The molecule has 1 N–H and O–H groups in total. The summed E-state index contributed by atoms with van der Waals surface area (Å²) in [5, 5.41) is 10.7. The predicted octanol–water partition coefficient (Wildman–Crippen LogP) is 3.93. The number of hydrogen-bond acceptors (Lipinski definition) is 2. The summed E-state index contributed by atoms with van der Waals surface area (Å²) in [4.78, 5) is 2.55. The molecule has 2 aliphatic rings. The summed E-state index contributed by atoms with van der Waals surface area (Å²) in [5.41, 5.74) is 0. The van der Waals surface area contributed by atoms with E-state index in [1.807, 2.05) is 0 Å². The van der Waals surface area contributed by atoms with Crippen molar-refractivity contribution in [1.29, 1.82) is 0 Å². The van der Waals surface area contributed by atoms with Gasteiger partial charge in [0.15, 0.2) is 0 Å². The average molecular weight is 281 g/mol. The number of aliphatic hydroxyl groups is 1. The van der Waals surface area contributed by atoms with E-state index in [0.29, 0.717) is 17.9 Å². The molecule has 1 atom stereocenters. The quantitative estimate of drug-likeness (QED) is 0.844. The van der Waals surface area contributed by atoms with Gasteiger partial charge < -0.3 is 10.0 Å². The molecule has 0 spiro atoms. The Morgan fingerprint density at radius 3 is 1.65 bits per heavy atom. The molecule has 2 fully saturated rings. The molecule has 118 valence electrons. The highest BCUT2D eigenvalue weighted by Crippen LogP contribution is 2.38. The fraction of sp³-hybridized carbons (Fsp3) is 1.00. The van der Waals surface area contributed by atoms with Crippen molar-refractivity contribution < 1.29 is 5.11 Å². The molecule has 0 aromatic heterocycles. The maximum Gasteiger partial charge on any atom is 0.0597 e. The molecule has 20 heavy (non-hydrogen) atoms. The third kappa shape index (κ3) is 3.98. The first-order valence-corrected chi connectivity index (χ1v) is 8.91. The Balaban J connectivity index is 1.77. The monoisotopic (exact) mass is 281 g/mol. The maximum absolute atomic E-state index is 10.7. The molecule has 1 saturated heterocycles. The lowest BCUT2D eigenvalue weighted by Gasteiger charge is -2.40. The van der Waals surface area contributed by atoms with Gasteiger partial charge in [0.1, 0.15) is 0 Å². The Labute approximate surface area is 125 Å². The maximum atomic E-state index is 10.7. The molecule has 0 bridgehead atoms. The van der Waals surface area contributed by atoms with Crippen LogP contribution in [0.15, 0.2) is 0 Å². The van der Waals surface area contributed by atoms with Gasteiger partial charge in [-0.1, -0.05) is 13.8 Å². The van der Waals surface area contributed by atoms with Crippen molar-refractivity contribution in [2.24, 2.45) is 23.7 Å². The Hall–Kier alpha value is -0.0800. The van der Waals surface area contributed by atoms with E-state index in [4.69, 9.17) is 0 Å². The third-order valence-electron chi connectivity index (χ3n) is 6.03. The third-order valence-corrected chi connectivity index (χ3v) is 6.03. The zero-order valence-electron chi connectivity index (χ0n) is 14.0. The molecule has 1 unspecified atom stereocenters. The van der Waals surface area contributed by atoms with E-state index >= 15 is 0 Å². The van der Waals surface area contributed by atoms with Gasteiger partial charge in [0.25, 0.3) is 0 Å². The summed E-state index contributed by atoms with van der Waals surface area (Å²) in [6, 6.07) is 0.662. The van der Waals surface area contributed by atoms with Gasteiger partial charge in [-0.25, -0.2) is 0 Å². The van der Waals surface area contributed by atoms with Crippen molar-refractivity contribution in [3.05, 3.63) is 0 Å². The number of likely N-dealkylation sites (tertiary alicyclic amines) is 1. The zero-order valence-corrected chi connectivity index (χ0v) is 14.0. The molecule has 2 rings (SSSR count). The van der Waals surface area contributed by atoms with Crippen molar-refractivity contribution in [1.82, 2.24) is 4.90 Å². The van der Waals surface area contributed by atoms with E-state index in [0.717, 1.165) is 11.8 Å². The van der Waals surface area contributed by atoms with Crippen LogP contribution in [0.2, 0.25) is 0 Å². The van der Waals surface area contributed by atoms with Crippen molar-refractivity contribution in [3.8, 4) is 0 Å². The number of rotatable bonds is 4. The normalized spacial score (nSPS) is 31.9. The van der Waals surface area contributed by atoms with Crippen molar-refractivity contribution >= 4 is 0 Å². The van der Waals surface area contributed by atoms with Gasteiger partial charge in [-0.05, 0) is 89.1 Å². The standard InChI is InChI=1S/C18H35NO/c1-13(2)15-5-7-16(8-6-15)18(20)17-9-11-19(12-10-17)14(3)4/h13-18,20H,5-12H2,1-4H3. The van der Waals surface area contributed by atoms with Crippen LogP contribution in [0.4, 0.5) is 0 Å². The Morgan fingerprint density at radius 2 is 1.20 bits per heavy atom. The zero-order chi connectivity index (χ0) is 14.7. The molecule has 2 heteroatoms. The van der Waals surface area contributed by atoms with Crippen molar-refractivity contribution in [3.63, 3.8) is 0 Å². The average Bonchev–Trinajstić information content (AvgIpc) is 2.46. The molecule has 1 aliphatic carbocycles. The summed E-state index contributed by atoms with van der Waals surface area (Å²) in [6.45, 7) is 11.6. The van der Waals surface area contributed by atoms with Crippen LogP contribution < -0.4 is 0 Å². The SMILES string of the molecule is CC(C)C1CCC(C(O)C2CCN(C(C)C)CC2)CC1. The van der Waals surface area contributed by atoms with Crippen LogP contribution in [0.3, 0.4) is 0 Å². The molecule has 2 nitrogen and oxygen atoms in total. The van der Waals surface area contributed by atoms with Gasteiger partial charge in [-0.15, -0.1) is 0 Å². The first-order chi connectivity index (χ1) is 9.49. The first kappa shape index (κ1) is 16.3. The fourth-order valence-electron chi connectivity index (χ4n) is 4.32. The second-order valence-corrected chi connectivity index (χ2v) is 7.88. The highest BCUT2D eigenvalue weighted by atomic mass is 16.3. The van der Waals surface area contributed by atoms with E-state index in [2.05, 4.69) is 32.6 Å². The molecular formula is C18H35NO. The Kier molecular flexibility index (Phi) is 5.92. The Morgan fingerprint density at radius 1 is 0.750 bits per heavy atom. The number of piperidine rings is 1. The van der Waals surface area contributed by atoms with Crippen LogP contribution in [-0.2, 0) is 0 Å². The van der Waals surface area contributed by atoms with Gasteiger partial charge >= 0.3 is 0 Å². The minimum atomic E-state index is -0.0302. The topological polar surface area (TPSA) is 23.5 Å². The number of aliphatic hydroxyl groups excluding tert-OH is 1. The molecule has 0 amide bonds. The van der Waals surface area contributed by atoms with Gasteiger partial charge in [0.2, 0.25) is 0 Å². The van der Waals surface area contributed by atoms with Gasteiger partial charge in [0, 0.05) is 6.04 Å². The fourth-order valence-corrected chi connectivity index (χ4v) is 4.32. The largest absolute Gasteiger partial charge is 0.393 e. The Bertz CT molecular complexity index is 245. The van der Waals surface area contributed by atoms with E-state index in [1.165, 1.54) is 51.6 Å². The summed E-state index contributed by atoms with van der Waals surface area (Å²) in [6.07, 6.45) is 7.56. The summed E-state index contributed by atoms with van der Waals surface area (Å²) < 4.78 is 0. The van der Waals surface area contributed by atoms with Gasteiger partial charge in [0.05, 0.1) is 6.10 Å². The number of nitrogens with zero attached hydrogens (tertiary/aromatic N) is 1. The van der Waals surface area contributed by atoms with E-state index in [1.54, 1.807) is 0 Å². The van der Waals surface area contributed by atoms with Crippen molar-refractivity contribution in [2.45, 2.75) is 78.4 Å². The van der Waals surface area contributed by atoms with Crippen LogP contribution >= 0.6 is 0 Å². The first-order valence-electron chi connectivity index (χ1n) is 8.91. The summed E-state index contributed by atoms with van der Waals surface area (Å²) in [7, 11) is 0. The molecule has 1 aliphatic heterocycles. The van der Waals surface area contributed by atoms with Crippen LogP contribution in [0.25, 0.3) is 0 Å². The molecule has 1 heterocycles. The second-order valence-electron chi connectivity index (χ2n) is 7.88. The van der Waals surface area contributed by atoms with E-state index in [-0.39, 0.29) is 6.10 Å². The van der Waals surface area contributed by atoms with Crippen LogP contribution in [0.1, 0.15) is 66.2 Å². The predicted molar refractivity (Wildman–Crippen MR) is 85.7 cm³/mol. The van der Waals surface area contributed by atoms with Gasteiger partial charge in [-0.2, -0.15) is 0 Å². The van der Waals surface area contributed by atoms with Crippen molar-refractivity contribution in [2.75, 3.05) is 13.1 Å². The lowest BCUT2D eigenvalue weighted by molar-refractivity contribution is -0.00621. The smallest absolute Gasteiger partial charge is 0.0597 e. The summed E-state index contributed by atoms with van der Waals surface area (Å²) >= 11 is 0. The molecule has 0 radical (unpaired) electrons. The van der Waals surface area contributed by atoms with Crippen LogP contribution in [0, 0.1) is 23.7 Å². The highest BCUT2D eigenvalue weighted by Gasteiger charge is 2.34. The van der Waals surface area contributed by atoms with Crippen LogP contribution in [-0.4, -0.2) is 35.2 Å². The van der Waals surface area contributed by atoms with E-state index < -0.39 is 0 Å². The molecule has 0 aromatic rings. The molecule has 1 saturated carbocycles. The van der Waals surface area contributed by atoms with Crippen LogP contribution in [0.5, 0.6) is 0 Å². The molecular weight excluding hydrogens is 246 g/mol. The minimum absolute atomic E-state index is 0.0302. The minimum Gasteiger partial charge on any atom is -0.393 e. The summed E-state index contributed by atoms with van der Waals surface area (Å²) in [5.74, 6) is 2.87. The highest BCUT2D eigenvalue weighted by molar-refractivity contribution is 4.85. The van der Waals surface area contributed by atoms with E-state index in [9.17, 15) is 5.11 Å². The molecule has 0 aromatic carbocycles. The lowest BCUT2D eigenvalue weighted by Crippen LogP contribution is -2.43. The number of hydrogen-bond donors (Lipinski definition) is 1. The van der Waals surface area contributed by atoms with Gasteiger partial charge in [-0.3, -0.25) is 0 Å². The lowest BCUT2D eigenvalue weighted by atomic mass is 9.72.